The van der Waals surface area contributed by atoms with E-state index >= 15 is 0 Å². The van der Waals surface area contributed by atoms with Gasteiger partial charge in [0.15, 0.2) is 11.1 Å². The van der Waals surface area contributed by atoms with Crippen molar-refractivity contribution in [2.75, 3.05) is 14.2 Å². The van der Waals surface area contributed by atoms with E-state index in [0.29, 0.717) is 5.16 Å². The van der Waals surface area contributed by atoms with Crippen LogP contribution in [0.4, 0.5) is 0 Å². The first kappa shape index (κ1) is 21.2. The van der Waals surface area contributed by atoms with Gasteiger partial charge >= 0.3 is 0 Å². The number of H-pyrrole nitrogens is 1. The van der Waals surface area contributed by atoms with Crippen LogP contribution in [0.3, 0.4) is 0 Å². The lowest BCUT2D eigenvalue weighted by Crippen LogP contribution is -2.20. The van der Waals surface area contributed by atoms with Crippen LogP contribution in [-0.2, 0) is 16.6 Å². The molecule has 0 aliphatic carbocycles. The Morgan fingerprint density at radius 1 is 1.25 bits per heavy atom. The van der Waals surface area contributed by atoms with Crippen molar-refractivity contribution in [1.82, 2.24) is 15.0 Å². The van der Waals surface area contributed by atoms with Crippen molar-refractivity contribution in [3.8, 4) is 11.5 Å². The zero-order valence-electron chi connectivity index (χ0n) is 16.2. The molecule has 28 heavy (non-hydrogen) atoms. The normalized spacial score (nSPS) is 11.4. The molecule has 0 bridgehead atoms. The molecule has 6 N–H and O–H groups in total. The Morgan fingerprint density at radius 2 is 1.93 bits per heavy atom. The largest absolute Gasteiger partial charge is 0.497 e. The maximum absolute atomic E-state index is 12.7. The molecule has 0 aliphatic heterocycles. The fraction of sp³-hybridized carbons (Fsp3) is 0.278. The average Bonchev–Trinajstić information content (AvgIpc) is 3.07. The van der Waals surface area contributed by atoms with E-state index in [4.69, 9.17) is 14.9 Å². The van der Waals surface area contributed by atoms with E-state index in [-0.39, 0.29) is 11.7 Å². The molecule has 0 fully saturated rings. The van der Waals surface area contributed by atoms with Gasteiger partial charge in [0.05, 0.1) is 47.5 Å². The number of aromatic amines is 1. The molecule has 1 atom stereocenters. The van der Waals surface area contributed by atoms with Gasteiger partial charge in [-0.2, -0.15) is 0 Å². The molecule has 10 heteroatoms. The Hall–Kier alpha value is -3.14. The second-order valence-electron chi connectivity index (χ2n) is 5.92. The minimum atomic E-state index is -1.33. The van der Waals surface area contributed by atoms with Gasteiger partial charge in [-0.1, -0.05) is 0 Å². The highest BCUT2D eigenvalue weighted by atomic mass is 32.2. The molecule has 3 rings (SSSR count). The number of hydrogen-bond donors (Lipinski definition) is 4. The Kier molecular flexibility index (Phi) is 6.94. The fourth-order valence-electron chi connectivity index (χ4n) is 2.61. The molecule has 1 aromatic carbocycles. The van der Waals surface area contributed by atoms with Crippen molar-refractivity contribution in [2.45, 2.75) is 24.8 Å². The number of rotatable bonds is 5. The van der Waals surface area contributed by atoms with Crippen molar-refractivity contribution < 1.29 is 13.7 Å². The van der Waals surface area contributed by atoms with E-state index < -0.39 is 10.8 Å². The number of pyridine rings is 1. The molecule has 0 spiro atoms. The van der Waals surface area contributed by atoms with Gasteiger partial charge in [-0.3, -0.25) is 14.6 Å². The summed E-state index contributed by atoms with van der Waals surface area (Å²) in [5.74, 6) is 1.45. The third-order valence-electron chi connectivity index (χ3n) is 3.90. The van der Waals surface area contributed by atoms with Crippen molar-refractivity contribution >= 4 is 27.8 Å². The number of fused-ring (bicyclic) bond motifs is 1. The summed E-state index contributed by atoms with van der Waals surface area (Å²) in [7, 11) is 1.91. The number of nitrogens with one attached hydrogen (secondary N) is 2. The number of hydrogen-bond acceptors (Lipinski definition) is 6. The van der Waals surface area contributed by atoms with Crippen LogP contribution in [0, 0.1) is 19.3 Å². The monoisotopic (exact) mass is 404 g/mol. The molecule has 0 saturated carbocycles. The molecule has 0 saturated heterocycles. The van der Waals surface area contributed by atoms with Gasteiger partial charge in [-0.05, 0) is 26.0 Å². The number of methoxy groups -OCH3 is 2. The van der Waals surface area contributed by atoms with Crippen molar-refractivity contribution in [3.05, 3.63) is 41.2 Å². The van der Waals surface area contributed by atoms with Crippen LogP contribution in [-0.4, -0.2) is 39.3 Å². The molecular weight excluding hydrogens is 380 g/mol. The van der Waals surface area contributed by atoms with Gasteiger partial charge in [0.2, 0.25) is 0 Å². The summed E-state index contributed by atoms with van der Waals surface area (Å²) in [6, 6.07) is 5.50. The summed E-state index contributed by atoms with van der Waals surface area (Å²) in [4.78, 5) is 11.9. The first-order valence-electron chi connectivity index (χ1n) is 8.27. The van der Waals surface area contributed by atoms with E-state index in [0.717, 1.165) is 39.4 Å². The maximum Gasteiger partial charge on any atom is 0.197 e. The van der Waals surface area contributed by atoms with Gasteiger partial charge in [0, 0.05) is 23.4 Å². The van der Waals surface area contributed by atoms with Crippen molar-refractivity contribution in [2.24, 2.45) is 11.5 Å². The molecule has 3 aromatic rings. The van der Waals surface area contributed by atoms with E-state index in [1.54, 1.807) is 20.4 Å². The fourth-order valence-corrected chi connectivity index (χ4v) is 3.71. The van der Waals surface area contributed by atoms with Crippen LogP contribution in [0.2, 0.25) is 0 Å². The van der Waals surface area contributed by atoms with Crippen LogP contribution in [0.1, 0.15) is 16.8 Å². The molecule has 0 aliphatic rings. The van der Waals surface area contributed by atoms with Gasteiger partial charge in [-0.25, -0.2) is 4.98 Å². The van der Waals surface area contributed by atoms with E-state index in [1.165, 1.54) is 0 Å². The minimum absolute atomic E-state index is 0.277. The molecule has 0 amide bonds. The van der Waals surface area contributed by atoms with E-state index in [2.05, 4.69) is 26.4 Å². The SMILES string of the molecule is COc1ccc2nc(S(=O)Cc3ncc(C)c(OC)c3C)[nH]c2c1.N=C(N)N. The van der Waals surface area contributed by atoms with Crippen LogP contribution in [0.5, 0.6) is 11.5 Å². The molecule has 0 radical (unpaired) electrons. The average molecular weight is 404 g/mol. The Balaban J connectivity index is 0.000000640. The van der Waals surface area contributed by atoms with Crippen molar-refractivity contribution in [1.29, 1.82) is 5.41 Å². The lowest BCUT2D eigenvalue weighted by atomic mass is 10.1. The number of benzene rings is 1. The Labute approximate surface area is 165 Å². The summed E-state index contributed by atoms with van der Waals surface area (Å²) in [5, 5.41) is 6.49. The van der Waals surface area contributed by atoms with Crippen LogP contribution in [0.25, 0.3) is 11.0 Å². The number of guanidine groups is 1. The topological polar surface area (TPSA) is 153 Å². The second-order valence-corrected chi connectivity index (χ2v) is 7.28. The molecule has 2 heterocycles. The van der Waals surface area contributed by atoms with Gasteiger partial charge < -0.3 is 25.9 Å². The molecule has 2 aromatic heterocycles. The van der Waals surface area contributed by atoms with E-state index in [9.17, 15) is 4.21 Å². The lowest BCUT2D eigenvalue weighted by molar-refractivity contribution is 0.407. The third-order valence-corrected chi connectivity index (χ3v) is 5.06. The summed E-state index contributed by atoms with van der Waals surface area (Å²) in [6.45, 7) is 3.86. The van der Waals surface area contributed by atoms with Crippen LogP contribution >= 0.6 is 0 Å². The number of imidazole rings is 1. The van der Waals surface area contributed by atoms with E-state index in [1.807, 2.05) is 32.0 Å². The van der Waals surface area contributed by atoms with Gasteiger partial charge in [0.1, 0.15) is 11.5 Å². The highest BCUT2D eigenvalue weighted by Gasteiger charge is 2.16. The summed E-state index contributed by atoms with van der Waals surface area (Å²) >= 11 is 0. The number of nitrogens with two attached hydrogens (primary N) is 2. The molecule has 1 unspecified atom stereocenters. The van der Waals surface area contributed by atoms with Gasteiger partial charge in [0.25, 0.3) is 0 Å². The summed E-state index contributed by atoms with van der Waals surface area (Å²) in [5.41, 5.74) is 13.1. The minimum Gasteiger partial charge on any atom is -0.497 e. The smallest absolute Gasteiger partial charge is 0.197 e. The maximum atomic E-state index is 12.7. The lowest BCUT2D eigenvalue weighted by Gasteiger charge is -2.11. The van der Waals surface area contributed by atoms with Crippen LogP contribution in [0.15, 0.2) is 29.6 Å². The zero-order valence-corrected chi connectivity index (χ0v) is 17.0. The Morgan fingerprint density at radius 3 is 2.54 bits per heavy atom. The van der Waals surface area contributed by atoms with Crippen LogP contribution < -0.4 is 20.9 Å². The van der Waals surface area contributed by atoms with Crippen molar-refractivity contribution in [3.63, 3.8) is 0 Å². The Bertz CT molecular complexity index is 1010. The first-order valence-corrected chi connectivity index (χ1v) is 9.59. The number of aromatic nitrogens is 3. The zero-order chi connectivity index (χ0) is 20.8. The van der Waals surface area contributed by atoms with Gasteiger partial charge in [-0.15, -0.1) is 0 Å². The first-order chi connectivity index (χ1) is 13.3. The molecular formula is C18H24N6O3S. The number of nitrogens with zero attached hydrogens (tertiary/aromatic N) is 2. The number of ether oxygens (including phenoxy) is 2. The highest BCUT2D eigenvalue weighted by Crippen LogP contribution is 2.26. The highest BCUT2D eigenvalue weighted by molar-refractivity contribution is 7.84. The predicted molar refractivity (Wildman–Crippen MR) is 109 cm³/mol. The summed E-state index contributed by atoms with van der Waals surface area (Å²) < 4.78 is 23.3. The molecule has 150 valence electrons. The predicted octanol–water partition coefficient (Wildman–Crippen LogP) is 1.74. The molecule has 9 nitrogen and oxygen atoms in total. The summed E-state index contributed by atoms with van der Waals surface area (Å²) in [6.07, 6.45) is 1.74. The number of aryl methyl sites for hydroxylation is 1. The standard InChI is InChI=1S/C17H19N3O3S.CH5N3/c1-10-8-18-15(11(2)16(10)23-4)9-24(21)17-19-13-6-5-12(22-3)7-14(13)20-17;2-1(3)4/h5-8H,9H2,1-4H3,(H,19,20);(H5,2,3,4). The quantitative estimate of drug-likeness (QED) is 0.373. The second kappa shape index (κ2) is 9.18. The third kappa shape index (κ3) is 4.97.